The zero-order chi connectivity index (χ0) is 13.8. The van der Waals surface area contributed by atoms with E-state index >= 15 is 0 Å². The Kier molecular flexibility index (Phi) is 4.00. The zero-order valence-corrected chi connectivity index (χ0v) is 11.1. The molecule has 1 aliphatic heterocycles. The largest absolute Gasteiger partial charge is 0.465 e. The maximum Gasteiger partial charge on any atom is 0.318 e. The second kappa shape index (κ2) is 5.69. The van der Waals surface area contributed by atoms with Gasteiger partial charge in [0, 0.05) is 6.20 Å². The third kappa shape index (κ3) is 3.02. The Hall–Kier alpha value is -2.10. The lowest BCUT2D eigenvalue weighted by atomic mass is 9.91. The van der Waals surface area contributed by atoms with Gasteiger partial charge in [-0.25, -0.2) is 0 Å². The first-order valence-electron chi connectivity index (χ1n) is 6.35. The van der Waals surface area contributed by atoms with Crippen LogP contribution < -0.4 is 5.32 Å². The molecule has 4 heteroatoms. The molecule has 1 aromatic rings. The normalized spacial score (nSPS) is 18.5. The van der Waals surface area contributed by atoms with E-state index in [1.165, 1.54) is 5.56 Å². The average Bonchev–Trinajstić information content (AvgIpc) is 2.40. The number of ether oxygens (including phenoxy) is 1. The molecule has 19 heavy (non-hydrogen) atoms. The fourth-order valence-corrected chi connectivity index (χ4v) is 2.03. The number of carbonyl (C=O) groups is 2. The minimum absolute atomic E-state index is 0.284. The summed E-state index contributed by atoms with van der Waals surface area (Å²) in [6, 6.07) is 7.99. The summed E-state index contributed by atoms with van der Waals surface area (Å²) in [5.74, 6) is -1.51. The van der Waals surface area contributed by atoms with Gasteiger partial charge >= 0.3 is 5.97 Å². The van der Waals surface area contributed by atoms with Crippen molar-refractivity contribution in [2.75, 3.05) is 6.61 Å². The number of esters is 1. The highest BCUT2D eigenvalue weighted by molar-refractivity contribution is 6.01. The van der Waals surface area contributed by atoms with E-state index in [0.29, 0.717) is 6.42 Å². The number of hydrogen-bond donors (Lipinski definition) is 1. The first-order valence-corrected chi connectivity index (χ1v) is 6.35. The Morgan fingerprint density at radius 2 is 2.05 bits per heavy atom. The Balaban J connectivity index is 2.18. The minimum atomic E-state index is -0.749. The van der Waals surface area contributed by atoms with Gasteiger partial charge in [0.1, 0.15) is 5.92 Å². The van der Waals surface area contributed by atoms with Crippen LogP contribution in [0.3, 0.4) is 0 Å². The molecule has 0 radical (unpaired) electrons. The van der Waals surface area contributed by atoms with Crippen LogP contribution in [0.1, 0.15) is 24.5 Å². The van der Waals surface area contributed by atoms with Crippen molar-refractivity contribution >= 4 is 17.4 Å². The van der Waals surface area contributed by atoms with Crippen LogP contribution in [-0.4, -0.2) is 18.5 Å². The number of aryl methyl sites for hydroxylation is 1. The Labute approximate surface area is 112 Å². The first kappa shape index (κ1) is 13.3. The summed E-state index contributed by atoms with van der Waals surface area (Å²) in [6.45, 7) is 4.03. The van der Waals surface area contributed by atoms with E-state index in [9.17, 15) is 9.59 Å². The molecule has 4 nitrogen and oxygen atoms in total. The van der Waals surface area contributed by atoms with Gasteiger partial charge in [-0.3, -0.25) is 9.59 Å². The van der Waals surface area contributed by atoms with Crippen LogP contribution in [0.5, 0.6) is 0 Å². The summed E-state index contributed by atoms with van der Waals surface area (Å²) >= 11 is 0. The van der Waals surface area contributed by atoms with E-state index in [0.717, 1.165) is 11.1 Å². The molecule has 1 N–H and O–H groups in total. The highest BCUT2D eigenvalue weighted by Gasteiger charge is 2.31. The molecule has 1 aliphatic rings. The summed E-state index contributed by atoms with van der Waals surface area (Å²) in [4.78, 5) is 23.4. The van der Waals surface area contributed by atoms with Crippen LogP contribution in [0.15, 0.2) is 30.5 Å². The van der Waals surface area contributed by atoms with E-state index in [1.807, 2.05) is 31.2 Å². The van der Waals surface area contributed by atoms with Crippen molar-refractivity contribution in [2.45, 2.75) is 20.3 Å². The highest BCUT2D eigenvalue weighted by atomic mass is 16.5. The van der Waals surface area contributed by atoms with Gasteiger partial charge in [0.2, 0.25) is 5.91 Å². The third-order valence-corrected chi connectivity index (χ3v) is 3.12. The maximum atomic E-state index is 11.7. The maximum absolute atomic E-state index is 11.7. The Morgan fingerprint density at radius 1 is 1.37 bits per heavy atom. The van der Waals surface area contributed by atoms with Gasteiger partial charge in [-0.2, -0.15) is 0 Å². The summed E-state index contributed by atoms with van der Waals surface area (Å²) < 4.78 is 4.93. The van der Waals surface area contributed by atoms with Crippen LogP contribution in [0.2, 0.25) is 0 Å². The third-order valence-electron chi connectivity index (χ3n) is 3.12. The summed E-state index contributed by atoms with van der Waals surface area (Å²) in [7, 11) is 0. The van der Waals surface area contributed by atoms with Crippen molar-refractivity contribution in [3.05, 3.63) is 41.6 Å². The number of rotatable bonds is 3. The first-order chi connectivity index (χ1) is 9.11. The van der Waals surface area contributed by atoms with Crippen molar-refractivity contribution in [1.82, 2.24) is 5.32 Å². The molecule has 100 valence electrons. The minimum Gasteiger partial charge on any atom is -0.465 e. The number of benzene rings is 1. The second-order valence-electron chi connectivity index (χ2n) is 4.55. The molecule has 1 aromatic carbocycles. The molecular weight excluding hydrogens is 242 g/mol. The highest BCUT2D eigenvalue weighted by Crippen LogP contribution is 2.26. The van der Waals surface area contributed by atoms with Crippen molar-refractivity contribution in [1.29, 1.82) is 0 Å². The van der Waals surface area contributed by atoms with Gasteiger partial charge in [-0.15, -0.1) is 0 Å². The molecule has 0 saturated heterocycles. The summed E-state index contributed by atoms with van der Waals surface area (Å²) in [5.41, 5.74) is 3.13. The predicted molar refractivity (Wildman–Crippen MR) is 72.0 cm³/mol. The lowest BCUT2D eigenvalue weighted by Gasteiger charge is -2.21. The number of hydrogen-bond acceptors (Lipinski definition) is 3. The molecule has 0 aromatic heterocycles. The van der Waals surface area contributed by atoms with Gasteiger partial charge in [-0.05, 0) is 31.4 Å². The number of nitrogens with one attached hydrogen (secondary N) is 1. The van der Waals surface area contributed by atoms with Gasteiger partial charge < -0.3 is 10.1 Å². The molecule has 0 aliphatic carbocycles. The van der Waals surface area contributed by atoms with E-state index in [2.05, 4.69) is 5.32 Å². The molecule has 0 saturated carbocycles. The van der Waals surface area contributed by atoms with Crippen LogP contribution in [0.4, 0.5) is 0 Å². The predicted octanol–water partition coefficient (Wildman–Crippen LogP) is 2.04. The average molecular weight is 259 g/mol. The van der Waals surface area contributed by atoms with Crippen molar-refractivity contribution in [3.63, 3.8) is 0 Å². The summed E-state index contributed by atoms with van der Waals surface area (Å²) in [6.07, 6.45) is 2.05. The lowest BCUT2D eigenvalue weighted by molar-refractivity contribution is -0.151. The molecular formula is C15H17NO3. The topological polar surface area (TPSA) is 55.4 Å². The van der Waals surface area contributed by atoms with Crippen molar-refractivity contribution in [2.24, 2.45) is 5.92 Å². The molecule has 1 atom stereocenters. The van der Waals surface area contributed by atoms with Gasteiger partial charge in [0.15, 0.2) is 0 Å². The quantitative estimate of drug-likeness (QED) is 0.667. The molecule has 0 bridgehead atoms. The number of carbonyl (C=O) groups excluding carboxylic acids is 2. The van der Waals surface area contributed by atoms with Crippen molar-refractivity contribution in [3.8, 4) is 0 Å². The monoisotopic (exact) mass is 259 g/mol. The molecule has 1 amide bonds. The van der Waals surface area contributed by atoms with E-state index in [1.54, 1.807) is 13.1 Å². The van der Waals surface area contributed by atoms with Crippen LogP contribution in [0.25, 0.3) is 5.57 Å². The second-order valence-corrected chi connectivity index (χ2v) is 4.55. The number of allylic oxidation sites excluding steroid dienone is 1. The molecule has 0 fully saturated rings. The number of amides is 1. The van der Waals surface area contributed by atoms with Crippen LogP contribution >= 0.6 is 0 Å². The van der Waals surface area contributed by atoms with Crippen LogP contribution in [-0.2, 0) is 14.3 Å². The molecule has 0 spiro atoms. The Bertz CT molecular complexity index is 517. The van der Waals surface area contributed by atoms with Crippen LogP contribution in [0, 0.1) is 12.8 Å². The Morgan fingerprint density at radius 3 is 2.68 bits per heavy atom. The standard InChI is InChI=1S/C15H17NO3/c1-3-19-15(18)13-8-12(9-16-14(13)17)11-6-4-10(2)5-7-11/h4-7,9,13H,3,8H2,1-2H3,(H,16,17). The molecule has 2 rings (SSSR count). The van der Waals surface area contributed by atoms with Crippen molar-refractivity contribution < 1.29 is 14.3 Å². The van der Waals surface area contributed by atoms with E-state index < -0.39 is 11.9 Å². The SMILES string of the molecule is CCOC(=O)C1CC(c2ccc(C)cc2)=CNC1=O. The van der Waals surface area contributed by atoms with E-state index in [4.69, 9.17) is 4.74 Å². The zero-order valence-electron chi connectivity index (χ0n) is 11.1. The van der Waals surface area contributed by atoms with Gasteiger partial charge in [0.25, 0.3) is 0 Å². The van der Waals surface area contributed by atoms with Gasteiger partial charge in [0.05, 0.1) is 6.61 Å². The molecule has 1 heterocycles. The smallest absolute Gasteiger partial charge is 0.318 e. The van der Waals surface area contributed by atoms with Gasteiger partial charge in [-0.1, -0.05) is 29.8 Å². The fourth-order valence-electron chi connectivity index (χ4n) is 2.03. The fraction of sp³-hybridized carbons (Fsp3) is 0.333. The lowest BCUT2D eigenvalue weighted by Crippen LogP contribution is -2.37. The van der Waals surface area contributed by atoms with E-state index in [-0.39, 0.29) is 12.5 Å². The molecule has 1 unspecified atom stereocenters. The summed E-state index contributed by atoms with van der Waals surface area (Å²) in [5, 5.41) is 2.63.